The van der Waals surface area contributed by atoms with Gasteiger partial charge in [0.15, 0.2) is 5.38 Å². The van der Waals surface area contributed by atoms with Crippen LogP contribution in [-0.4, -0.2) is 12.6 Å². The SMILES string of the molecule is CCOC(=O)C(Cl)c1ccc(Cl)c(Br)c1. The molecule has 0 aliphatic carbocycles. The van der Waals surface area contributed by atoms with Crippen LogP contribution in [0.3, 0.4) is 0 Å². The van der Waals surface area contributed by atoms with Crippen LogP contribution in [0.15, 0.2) is 22.7 Å². The second-order valence-electron chi connectivity index (χ2n) is 2.79. The van der Waals surface area contributed by atoms with Gasteiger partial charge in [-0.05, 0) is 40.5 Å². The highest BCUT2D eigenvalue weighted by Gasteiger charge is 2.19. The number of carbonyl (C=O) groups excluding carboxylic acids is 1. The van der Waals surface area contributed by atoms with Gasteiger partial charge in [0.1, 0.15) is 0 Å². The average molecular weight is 312 g/mol. The van der Waals surface area contributed by atoms with Crippen molar-refractivity contribution in [3.05, 3.63) is 33.3 Å². The molecule has 0 radical (unpaired) electrons. The molecule has 0 heterocycles. The summed E-state index contributed by atoms with van der Waals surface area (Å²) in [5.74, 6) is -0.451. The van der Waals surface area contributed by atoms with Crippen LogP contribution in [0.25, 0.3) is 0 Å². The molecule has 5 heteroatoms. The molecule has 15 heavy (non-hydrogen) atoms. The number of rotatable bonds is 3. The zero-order chi connectivity index (χ0) is 11.4. The molecule has 1 atom stereocenters. The minimum Gasteiger partial charge on any atom is -0.465 e. The van der Waals surface area contributed by atoms with Crippen LogP contribution in [0.2, 0.25) is 5.02 Å². The largest absolute Gasteiger partial charge is 0.465 e. The molecular weight excluding hydrogens is 303 g/mol. The maximum Gasteiger partial charge on any atom is 0.328 e. The Bertz CT molecular complexity index is 368. The molecule has 82 valence electrons. The smallest absolute Gasteiger partial charge is 0.328 e. The van der Waals surface area contributed by atoms with E-state index in [1.807, 2.05) is 0 Å². The van der Waals surface area contributed by atoms with Gasteiger partial charge in [-0.1, -0.05) is 17.7 Å². The molecule has 1 rings (SSSR count). The Kier molecular flexibility index (Phi) is 4.90. The standard InChI is InChI=1S/C10H9BrCl2O2/c1-2-15-10(14)9(13)6-3-4-8(12)7(11)5-6/h3-5,9H,2H2,1H3. The van der Waals surface area contributed by atoms with Gasteiger partial charge in [0.05, 0.1) is 11.6 Å². The second-order valence-corrected chi connectivity index (χ2v) is 4.49. The summed E-state index contributed by atoms with van der Waals surface area (Å²) in [6, 6.07) is 5.08. The van der Waals surface area contributed by atoms with E-state index in [-0.39, 0.29) is 0 Å². The van der Waals surface area contributed by atoms with Gasteiger partial charge in [0.2, 0.25) is 0 Å². The second kappa shape index (κ2) is 5.73. The number of halogens is 3. The summed E-state index contributed by atoms with van der Waals surface area (Å²) in [5, 5.41) is -0.218. The first kappa shape index (κ1) is 12.8. The summed E-state index contributed by atoms with van der Waals surface area (Å²) in [7, 11) is 0. The molecule has 1 aromatic rings. The third-order valence-corrected chi connectivity index (χ3v) is 3.37. The fourth-order valence-corrected chi connectivity index (χ4v) is 1.73. The molecule has 0 saturated heterocycles. The lowest BCUT2D eigenvalue weighted by molar-refractivity contribution is -0.142. The van der Waals surface area contributed by atoms with Gasteiger partial charge in [-0.15, -0.1) is 11.6 Å². The minimum atomic E-state index is -0.793. The van der Waals surface area contributed by atoms with Gasteiger partial charge in [-0.2, -0.15) is 0 Å². The van der Waals surface area contributed by atoms with E-state index in [0.29, 0.717) is 21.7 Å². The molecule has 1 aromatic carbocycles. The molecule has 2 nitrogen and oxygen atoms in total. The predicted octanol–water partition coefficient (Wildman–Crippen LogP) is 3.95. The number of alkyl halides is 1. The molecule has 0 N–H and O–H groups in total. The summed E-state index contributed by atoms with van der Waals surface area (Å²) < 4.78 is 5.51. The Morgan fingerprint density at radius 2 is 2.27 bits per heavy atom. The summed E-state index contributed by atoms with van der Waals surface area (Å²) in [5.41, 5.74) is 0.659. The molecule has 0 aromatic heterocycles. The number of esters is 1. The number of ether oxygens (including phenoxy) is 1. The van der Waals surface area contributed by atoms with E-state index in [4.69, 9.17) is 27.9 Å². The van der Waals surface area contributed by atoms with Crippen LogP contribution < -0.4 is 0 Å². The molecule has 0 fully saturated rings. The van der Waals surface area contributed by atoms with E-state index in [9.17, 15) is 4.79 Å². The quantitative estimate of drug-likeness (QED) is 0.624. The Morgan fingerprint density at radius 1 is 1.60 bits per heavy atom. The molecule has 0 saturated carbocycles. The molecule has 0 aliphatic heterocycles. The summed E-state index contributed by atoms with van der Waals surface area (Å²) >= 11 is 15.0. The highest BCUT2D eigenvalue weighted by Crippen LogP contribution is 2.29. The van der Waals surface area contributed by atoms with Crippen molar-refractivity contribution in [2.24, 2.45) is 0 Å². The van der Waals surface area contributed by atoms with Crippen molar-refractivity contribution < 1.29 is 9.53 Å². The molecule has 0 spiro atoms. The number of benzene rings is 1. The summed E-state index contributed by atoms with van der Waals surface area (Å²) in [6.07, 6.45) is 0. The molecule has 0 amide bonds. The van der Waals surface area contributed by atoms with Crippen LogP contribution in [0, 0.1) is 0 Å². The third-order valence-electron chi connectivity index (χ3n) is 1.73. The van der Waals surface area contributed by atoms with Gasteiger partial charge in [0, 0.05) is 4.47 Å². The van der Waals surface area contributed by atoms with Gasteiger partial charge >= 0.3 is 5.97 Å². The lowest BCUT2D eigenvalue weighted by atomic mass is 10.1. The highest BCUT2D eigenvalue weighted by atomic mass is 79.9. The number of carbonyl (C=O) groups is 1. The Balaban J connectivity index is 2.86. The van der Waals surface area contributed by atoms with E-state index in [2.05, 4.69) is 15.9 Å². The predicted molar refractivity (Wildman–Crippen MR) is 64.4 cm³/mol. The van der Waals surface area contributed by atoms with Crippen LogP contribution in [0.4, 0.5) is 0 Å². The Hall–Kier alpha value is -0.250. The van der Waals surface area contributed by atoms with E-state index in [1.165, 1.54) is 0 Å². The average Bonchev–Trinajstić information content (AvgIpc) is 2.21. The topological polar surface area (TPSA) is 26.3 Å². The molecule has 1 unspecified atom stereocenters. The zero-order valence-electron chi connectivity index (χ0n) is 7.97. The van der Waals surface area contributed by atoms with Gasteiger partial charge in [0.25, 0.3) is 0 Å². The van der Waals surface area contributed by atoms with E-state index in [1.54, 1.807) is 25.1 Å². The normalized spacial score (nSPS) is 12.3. The van der Waals surface area contributed by atoms with Crippen molar-refractivity contribution in [1.29, 1.82) is 0 Å². The molecule has 0 aliphatic rings. The van der Waals surface area contributed by atoms with E-state index in [0.717, 1.165) is 0 Å². The van der Waals surface area contributed by atoms with Crippen LogP contribution >= 0.6 is 39.1 Å². The fourth-order valence-electron chi connectivity index (χ4n) is 1.02. The van der Waals surface area contributed by atoms with Crippen LogP contribution in [0.1, 0.15) is 17.9 Å². The third kappa shape index (κ3) is 3.37. The summed E-state index contributed by atoms with van der Waals surface area (Å²) in [6.45, 7) is 2.05. The first-order valence-electron chi connectivity index (χ1n) is 4.32. The van der Waals surface area contributed by atoms with Crippen molar-refractivity contribution in [3.8, 4) is 0 Å². The first-order chi connectivity index (χ1) is 7.06. The highest BCUT2D eigenvalue weighted by molar-refractivity contribution is 9.10. The maximum atomic E-state index is 11.3. The van der Waals surface area contributed by atoms with Gasteiger partial charge in [-0.3, -0.25) is 4.79 Å². The lowest BCUT2D eigenvalue weighted by Crippen LogP contribution is -2.10. The summed E-state index contributed by atoms with van der Waals surface area (Å²) in [4.78, 5) is 11.3. The van der Waals surface area contributed by atoms with Crippen molar-refractivity contribution in [2.75, 3.05) is 6.61 Å². The van der Waals surface area contributed by atoms with Crippen molar-refractivity contribution in [2.45, 2.75) is 12.3 Å². The Morgan fingerprint density at radius 3 is 2.80 bits per heavy atom. The van der Waals surface area contributed by atoms with Crippen molar-refractivity contribution in [3.63, 3.8) is 0 Å². The van der Waals surface area contributed by atoms with Crippen molar-refractivity contribution >= 4 is 45.1 Å². The Labute approximate surface area is 107 Å². The lowest BCUT2D eigenvalue weighted by Gasteiger charge is -2.09. The van der Waals surface area contributed by atoms with Gasteiger partial charge in [-0.25, -0.2) is 0 Å². The minimum absolute atomic E-state index is 0.316. The van der Waals surface area contributed by atoms with Gasteiger partial charge < -0.3 is 4.74 Å². The van der Waals surface area contributed by atoms with Crippen LogP contribution in [0.5, 0.6) is 0 Å². The van der Waals surface area contributed by atoms with E-state index >= 15 is 0 Å². The van der Waals surface area contributed by atoms with E-state index < -0.39 is 11.3 Å². The maximum absolute atomic E-state index is 11.3. The first-order valence-corrected chi connectivity index (χ1v) is 5.92. The van der Waals surface area contributed by atoms with Crippen molar-refractivity contribution in [1.82, 2.24) is 0 Å². The van der Waals surface area contributed by atoms with Crippen LogP contribution in [-0.2, 0) is 9.53 Å². The number of hydrogen-bond donors (Lipinski definition) is 0. The molecular formula is C10H9BrCl2O2. The zero-order valence-corrected chi connectivity index (χ0v) is 11.1. The monoisotopic (exact) mass is 310 g/mol. The molecule has 0 bridgehead atoms. The fraction of sp³-hybridized carbons (Fsp3) is 0.300. The number of hydrogen-bond acceptors (Lipinski definition) is 2.